The van der Waals surface area contributed by atoms with Crippen molar-refractivity contribution in [1.82, 2.24) is 15.3 Å². The van der Waals surface area contributed by atoms with E-state index in [4.69, 9.17) is 4.74 Å². The van der Waals surface area contributed by atoms with Gasteiger partial charge in [0.15, 0.2) is 11.8 Å². The van der Waals surface area contributed by atoms with Gasteiger partial charge in [0.25, 0.3) is 5.91 Å². The van der Waals surface area contributed by atoms with Crippen molar-refractivity contribution < 1.29 is 14.3 Å². The molecule has 28 heavy (non-hydrogen) atoms. The third-order valence-corrected chi connectivity index (χ3v) is 4.89. The topological polar surface area (TPSA) is 81.2 Å². The maximum Gasteiger partial charge on any atom is 0.338 e. The van der Waals surface area contributed by atoms with Crippen molar-refractivity contribution in [3.05, 3.63) is 52.8 Å². The summed E-state index contributed by atoms with van der Waals surface area (Å²) < 4.78 is 5.19. The van der Waals surface area contributed by atoms with Crippen molar-refractivity contribution in [2.45, 2.75) is 50.9 Å². The Balaban J connectivity index is 1.91. The predicted molar refractivity (Wildman–Crippen MR) is 110 cm³/mol. The minimum atomic E-state index is -0.499. The molecule has 0 saturated carbocycles. The van der Waals surface area contributed by atoms with Gasteiger partial charge in [-0.15, -0.1) is 0 Å². The monoisotopic (exact) mass is 401 g/mol. The number of aryl methyl sites for hydroxylation is 2. The zero-order valence-electron chi connectivity index (χ0n) is 16.7. The van der Waals surface area contributed by atoms with Gasteiger partial charge in [0.1, 0.15) is 0 Å². The van der Waals surface area contributed by atoms with Gasteiger partial charge in [-0.2, -0.15) is 0 Å². The van der Waals surface area contributed by atoms with Crippen LogP contribution in [0.25, 0.3) is 0 Å². The maximum atomic E-state index is 12.4. The third kappa shape index (κ3) is 7.31. The Labute approximate surface area is 170 Å². The Morgan fingerprint density at radius 1 is 1.11 bits per heavy atom. The predicted octanol–water partition coefficient (Wildman–Crippen LogP) is 3.85. The second-order valence-corrected chi connectivity index (χ2v) is 7.45. The van der Waals surface area contributed by atoms with Crippen LogP contribution in [0.2, 0.25) is 0 Å². The summed E-state index contributed by atoms with van der Waals surface area (Å²) >= 11 is 1.46. The summed E-state index contributed by atoms with van der Waals surface area (Å²) in [6.07, 6.45) is 3.08. The molecular formula is C21H27N3O3S. The molecule has 0 radical (unpaired) electrons. The number of amides is 1. The minimum absolute atomic E-state index is 0.271. The number of thioether (sulfide) groups is 1. The van der Waals surface area contributed by atoms with E-state index in [1.165, 1.54) is 11.8 Å². The molecule has 0 unspecified atom stereocenters. The molecule has 1 heterocycles. The van der Waals surface area contributed by atoms with Gasteiger partial charge in [0.05, 0.1) is 5.56 Å². The van der Waals surface area contributed by atoms with E-state index in [2.05, 4.69) is 22.2 Å². The van der Waals surface area contributed by atoms with Crippen molar-refractivity contribution in [1.29, 1.82) is 0 Å². The molecule has 0 atom stereocenters. The fourth-order valence-electron chi connectivity index (χ4n) is 2.61. The molecule has 0 aliphatic carbocycles. The highest BCUT2D eigenvalue weighted by molar-refractivity contribution is 7.98. The summed E-state index contributed by atoms with van der Waals surface area (Å²) in [7, 11) is 0. The Morgan fingerprint density at radius 3 is 2.54 bits per heavy atom. The normalized spacial score (nSPS) is 10.5. The molecule has 1 aromatic heterocycles. The van der Waals surface area contributed by atoms with Crippen LogP contribution in [0, 0.1) is 13.8 Å². The Bertz CT molecular complexity index is 791. The number of hydrogen-bond acceptors (Lipinski definition) is 6. The lowest BCUT2D eigenvalue weighted by atomic mass is 10.1. The summed E-state index contributed by atoms with van der Waals surface area (Å²) in [6, 6.07) is 9.15. The molecule has 1 amide bonds. The van der Waals surface area contributed by atoms with E-state index >= 15 is 0 Å². The van der Waals surface area contributed by atoms with Crippen LogP contribution in [-0.4, -0.2) is 35.0 Å². The fraction of sp³-hybridized carbons (Fsp3) is 0.429. The number of unbranched alkanes of at least 4 members (excludes halogenated alkanes) is 2. The molecule has 1 N–H and O–H groups in total. The lowest BCUT2D eigenvalue weighted by Crippen LogP contribution is -2.29. The van der Waals surface area contributed by atoms with Gasteiger partial charge in [-0.1, -0.05) is 49.7 Å². The number of ether oxygens (including phenoxy) is 1. The van der Waals surface area contributed by atoms with Crippen molar-refractivity contribution >= 4 is 23.6 Å². The molecule has 0 spiro atoms. The van der Waals surface area contributed by atoms with Crippen LogP contribution >= 0.6 is 11.8 Å². The Kier molecular flexibility index (Phi) is 8.94. The van der Waals surface area contributed by atoms with Crippen LogP contribution < -0.4 is 5.32 Å². The van der Waals surface area contributed by atoms with E-state index in [-0.39, 0.29) is 12.5 Å². The molecule has 0 fully saturated rings. The van der Waals surface area contributed by atoms with Crippen molar-refractivity contribution in [2.75, 3.05) is 13.2 Å². The van der Waals surface area contributed by atoms with E-state index < -0.39 is 5.97 Å². The van der Waals surface area contributed by atoms with Crippen LogP contribution in [0.5, 0.6) is 0 Å². The number of hydrogen-bond donors (Lipinski definition) is 1. The van der Waals surface area contributed by atoms with E-state index in [0.717, 1.165) is 36.2 Å². The average molecular weight is 402 g/mol. The van der Waals surface area contributed by atoms with Gasteiger partial charge in [0, 0.05) is 23.7 Å². The smallest absolute Gasteiger partial charge is 0.338 e. The largest absolute Gasteiger partial charge is 0.452 e. The van der Waals surface area contributed by atoms with E-state index in [1.807, 2.05) is 32.0 Å². The van der Waals surface area contributed by atoms with Crippen LogP contribution in [0.15, 0.2) is 35.5 Å². The molecular weight excluding hydrogens is 374 g/mol. The second kappa shape index (κ2) is 11.4. The first kappa shape index (κ1) is 21.9. The Morgan fingerprint density at radius 2 is 1.82 bits per heavy atom. The number of benzene rings is 1. The highest BCUT2D eigenvalue weighted by atomic mass is 32.2. The van der Waals surface area contributed by atoms with E-state index in [9.17, 15) is 9.59 Å². The van der Waals surface area contributed by atoms with E-state index in [1.54, 1.807) is 12.1 Å². The molecule has 6 nitrogen and oxygen atoms in total. The average Bonchev–Trinajstić information content (AvgIpc) is 2.67. The number of esters is 1. The Hall–Kier alpha value is -2.41. The van der Waals surface area contributed by atoms with Crippen LogP contribution in [0.4, 0.5) is 0 Å². The van der Waals surface area contributed by atoms with Gasteiger partial charge in [-0.05, 0) is 38.0 Å². The minimum Gasteiger partial charge on any atom is -0.452 e. The molecule has 0 aliphatic rings. The van der Waals surface area contributed by atoms with Gasteiger partial charge in [-0.25, -0.2) is 14.8 Å². The summed E-state index contributed by atoms with van der Waals surface area (Å²) in [4.78, 5) is 33.0. The van der Waals surface area contributed by atoms with Gasteiger partial charge in [-0.3, -0.25) is 4.79 Å². The molecule has 0 aliphatic heterocycles. The van der Waals surface area contributed by atoms with Gasteiger partial charge >= 0.3 is 5.97 Å². The van der Waals surface area contributed by atoms with Crippen LogP contribution in [-0.2, 0) is 15.3 Å². The number of rotatable bonds is 10. The number of nitrogens with zero attached hydrogens (tertiary/aromatic N) is 2. The lowest BCUT2D eigenvalue weighted by molar-refractivity contribution is -0.124. The first-order chi connectivity index (χ1) is 13.5. The first-order valence-electron chi connectivity index (χ1n) is 9.46. The zero-order valence-corrected chi connectivity index (χ0v) is 17.5. The summed E-state index contributed by atoms with van der Waals surface area (Å²) in [5.74, 6) is -0.238. The first-order valence-corrected chi connectivity index (χ1v) is 10.4. The third-order valence-electron chi connectivity index (χ3n) is 3.99. The standard InChI is InChI=1S/C21H27N3O3S/c1-4-5-8-11-22-19(25)13-27-20(26)18-10-7-6-9-17(18)14-28-21-23-15(2)12-16(3)24-21/h6-7,9-10,12H,4-5,8,11,13-14H2,1-3H3,(H,22,25). The molecule has 2 rings (SSSR count). The summed E-state index contributed by atoms with van der Waals surface area (Å²) in [5, 5.41) is 3.43. The molecule has 0 bridgehead atoms. The SMILES string of the molecule is CCCCCNC(=O)COC(=O)c1ccccc1CSc1nc(C)cc(C)n1. The number of aromatic nitrogens is 2. The number of nitrogens with one attached hydrogen (secondary N) is 1. The fourth-order valence-corrected chi connectivity index (χ4v) is 3.56. The van der Waals surface area contributed by atoms with E-state index in [0.29, 0.717) is 23.0 Å². The molecule has 150 valence electrons. The molecule has 1 aromatic carbocycles. The van der Waals surface area contributed by atoms with Gasteiger partial charge < -0.3 is 10.1 Å². The zero-order chi connectivity index (χ0) is 20.4. The number of carbonyl (C=O) groups is 2. The van der Waals surface area contributed by atoms with Crippen molar-refractivity contribution in [3.8, 4) is 0 Å². The lowest BCUT2D eigenvalue weighted by Gasteiger charge is -2.10. The van der Waals surface area contributed by atoms with Gasteiger partial charge in [0.2, 0.25) is 0 Å². The summed E-state index contributed by atoms with van der Waals surface area (Å²) in [5.41, 5.74) is 3.10. The van der Waals surface area contributed by atoms with Crippen LogP contribution in [0.1, 0.15) is 53.5 Å². The van der Waals surface area contributed by atoms with Crippen molar-refractivity contribution in [3.63, 3.8) is 0 Å². The quantitative estimate of drug-likeness (QED) is 0.282. The molecule has 7 heteroatoms. The molecule has 0 saturated heterocycles. The number of carbonyl (C=O) groups excluding carboxylic acids is 2. The van der Waals surface area contributed by atoms with Crippen LogP contribution in [0.3, 0.4) is 0 Å². The van der Waals surface area contributed by atoms with Crippen molar-refractivity contribution in [2.24, 2.45) is 0 Å². The highest BCUT2D eigenvalue weighted by Crippen LogP contribution is 2.22. The highest BCUT2D eigenvalue weighted by Gasteiger charge is 2.15. The second-order valence-electron chi connectivity index (χ2n) is 6.51. The molecule has 2 aromatic rings. The summed E-state index contributed by atoms with van der Waals surface area (Å²) in [6.45, 7) is 6.29. The maximum absolute atomic E-state index is 12.4.